The molecule has 1 aliphatic heterocycles. The number of aromatic nitrogens is 1. The smallest absolute Gasteiger partial charge is 0.346 e. The van der Waals surface area contributed by atoms with Gasteiger partial charge in [-0.05, 0) is 31.9 Å². The van der Waals surface area contributed by atoms with Crippen molar-refractivity contribution in [2.75, 3.05) is 25.0 Å². The van der Waals surface area contributed by atoms with E-state index in [-0.39, 0.29) is 41.5 Å². The monoisotopic (exact) mass is 419 g/mol. The first kappa shape index (κ1) is 20.9. The Morgan fingerprint density at radius 1 is 1.24 bits per heavy atom. The molecule has 3 rings (SSSR count). The van der Waals surface area contributed by atoms with Gasteiger partial charge in [0.25, 0.3) is 0 Å². The average molecular weight is 420 g/mol. The number of carbonyl (C=O) groups is 3. The van der Waals surface area contributed by atoms with Crippen LogP contribution in [0.15, 0.2) is 28.8 Å². The summed E-state index contributed by atoms with van der Waals surface area (Å²) in [5.74, 6) is -1.26. The summed E-state index contributed by atoms with van der Waals surface area (Å²) in [4.78, 5) is 38.4. The molecule has 1 aromatic heterocycles. The predicted octanol–water partition coefficient (Wildman–Crippen LogP) is 3.37. The first-order valence-electron chi connectivity index (χ1n) is 9.39. The van der Waals surface area contributed by atoms with Crippen LogP contribution in [0.5, 0.6) is 0 Å². The molecule has 1 fully saturated rings. The van der Waals surface area contributed by atoms with Crippen molar-refractivity contribution in [2.45, 2.75) is 26.7 Å². The number of hydrogen-bond acceptors (Lipinski definition) is 6. The summed E-state index contributed by atoms with van der Waals surface area (Å²) in [6, 6.07) is 6.74. The number of esters is 1. The van der Waals surface area contributed by atoms with Crippen LogP contribution in [0.2, 0.25) is 5.02 Å². The van der Waals surface area contributed by atoms with Crippen molar-refractivity contribution in [3.63, 3.8) is 0 Å². The molecule has 2 aromatic rings. The molecule has 0 aliphatic carbocycles. The fourth-order valence-electron chi connectivity index (χ4n) is 3.24. The number of amides is 2. The van der Waals surface area contributed by atoms with E-state index in [9.17, 15) is 14.4 Å². The van der Waals surface area contributed by atoms with Gasteiger partial charge in [0.2, 0.25) is 17.7 Å². The highest BCUT2D eigenvalue weighted by atomic mass is 35.5. The molecule has 8 nitrogen and oxygen atoms in total. The zero-order valence-corrected chi connectivity index (χ0v) is 17.0. The summed E-state index contributed by atoms with van der Waals surface area (Å²) in [7, 11) is 0. The van der Waals surface area contributed by atoms with E-state index >= 15 is 0 Å². The number of ether oxygens (including phenoxy) is 1. The lowest BCUT2D eigenvalue weighted by atomic mass is 9.96. The molecule has 0 atom stereocenters. The number of piperidine rings is 1. The number of likely N-dealkylation sites (tertiary alicyclic amines) is 1. The van der Waals surface area contributed by atoms with Crippen LogP contribution >= 0.6 is 11.6 Å². The molecule has 154 valence electrons. The molecule has 9 heteroatoms. The van der Waals surface area contributed by atoms with Gasteiger partial charge < -0.3 is 14.2 Å². The van der Waals surface area contributed by atoms with Gasteiger partial charge in [0.05, 0.1) is 6.61 Å². The molecular formula is C20H22ClN3O5. The number of carbonyl (C=O) groups excluding carboxylic acids is 3. The van der Waals surface area contributed by atoms with Crippen LogP contribution in [-0.2, 0) is 14.3 Å². The van der Waals surface area contributed by atoms with Crippen molar-refractivity contribution in [3.8, 4) is 11.3 Å². The van der Waals surface area contributed by atoms with Gasteiger partial charge in [-0.3, -0.25) is 14.9 Å². The third-order valence-corrected chi connectivity index (χ3v) is 5.09. The molecule has 0 bridgehead atoms. The van der Waals surface area contributed by atoms with E-state index < -0.39 is 5.97 Å². The molecule has 2 amide bonds. The van der Waals surface area contributed by atoms with E-state index in [0.29, 0.717) is 36.5 Å². The summed E-state index contributed by atoms with van der Waals surface area (Å²) >= 11 is 5.92. The number of halogens is 1. The van der Waals surface area contributed by atoms with Crippen LogP contribution in [-0.4, -0.2) is 47.5 Å². The second kappa shape index (κ2) is 9.09. The zero-order chi connectivity index (χ0) is 21.0. The largest absolute Gasteiger partial charge is 0.462 e. The summed E-state index contributed by atoms with van der Waals surface area (Å²) in [5.41, 5.74) is 0.932. The Morgan fingerprint density at radius 2 is 1.90 bits per heavy atom. The van der Waals surface area contributed by atoms with E-state index in [0.717, 1.165) is 0 Å². The molecule has 0 unspecified atom stereocenters. The first-order chi connectivity index (χ1) is 13.9. The van der Waals surface area contributed by atoms with Gasteiger partial charge in [0.1, 0.15) is 5.69 Å². The molecule has 0 saturated carbocycles. The van der Waals surface area contributed by atoms with E-state index in [1.165, 1.54) is 6.92 Å². The van der Waals surface area contributed by atoms with Gasteiger partial charge in [0.15, 0.2) is 5.56 Å². The van der Waals surface area contributed by atoms with Crippen LogP contribution in [0.4, 0.5) is 5.88 Å². The van der Waals surface area contributed by atoms with Gasteiger partial charge in [0, 0.05) is 36.5 Å². The fourth-order valence-corrected chi connectivity index (χ4v) is 3.37. The number of nitrogens with one attached hydrogen (secondary N) is 1. The normalized spacial score (nSPS) is 14.5. The molecule has 0 spiro atoms. The average Bonchev–Trinajstić information content (AvgIpc) is 3.12. The van der Waals surface area contributed by atoms with Crippen LogP contribution in [0.3, 0.4) is 0 Å². The second-order valence-corrected chi connectivity index (χ2v) is 7.17. The van der Waals surface area contributed by atoms with Crippen molar-refractivity contribution in [1.82, 2.24) is 10.1 Å². The quantitative estimate of drug-likeness (QED) is 0.745. The van der Waals surface area contributed by atoms with E-state index in [2.05, 4.69) is 10.5 Å². The minimum atomic E-state index is -0.639. The van der Waals surface area contributed by atoms with Gasteiger partial charge in [-0.1, -0.05) is 28.9 Å². The van der Waals surface area contributed by atoms with Crippen molar-refractivity contribution in [2.24, 2.45) is 5.92 Å². The van der Waals surface area contributed by atoms with Gasteiger partial charge in [-0.2, -0.15) is 0 Å². The Kier molecular flexibility index (Phi) is 6.53. The number of hydrogen-bond donors (Lipinski definition) is 1. The number of anilines is 1. The maximum absolute atomic E-state index is 12.7. The summed E-state index contributed by atoms with van der Waals surface area (Å²) in [6.45, 7) is 4.41. The molecule has 1 saturated heterocycles. The lowest BCUT2D eigenvalue weighted by Gasteiger charge is -2.30. The van der Waals surface area contributed by atoms with E-state index in [1.807, 2.05) is 0 Å². The number of rotatable bonds is 5. The number of benzene rings is 1. The molecular weight excluding hydrogens is 398 g/mol. The lowest BCUT2D eigenvalue weighted by molar-refractivity contribution is -0.132. The molecule has 0 radical (unpaired) electrons. The van der Waals surface area contributed by atoms with Crippen molar-refractivity contribution < 1.29 is 23.6 Å². The lowest BCUT2D eigenvalue weighted by Crippen LogP contribution is -2.40. The first-order valence-corrected chi connectivity index (χ1v) is 9.77. The molecule has 1 aromatic carbocycles. The molecule has 2 heterocycles. The molecule has 1 N–H and O–H groups in total. The minimum absolute atomic E-state index is 0.00343. The highest BCUT2D eigenvalue weighted by Gasteiger charge is 2.30. The topological polar surface area (TPSA) is 102 Å². The fraction of sp³-hybridized carbons (Fsp3) is 0.400. The van der Waals surface area contributed by atoms with E-state index in [1.54, 1.807) is 36.1 Å². The van der Waals surface area contributed by atoms with Crippen molar-refractivity contribution in [1.29, 1.82) is 0 Å². The maximum atomic E-state index is 12.7. The van der Waals surface area contributed by atoms with E-state index in [4.69, 9.17) is 20.9 Å². The van der Waals surface area contributed by atoms with Gasteiger partial charge >= 0.3 is 5.97 Å². The summed E-state index contributed by atoms with van der Waals surface area (Å²) < 4.78 is 10.4. The second-order valence-electron chi connectivity index (χ2n) is 6.73. The molecule has 29 heavy (non-hydrogen) atoms. The predicted molar refractivity (Wildman–Crippen MR) is 107 cm³/mol. The van der Waals surface area contributed by atoms with Gasteiger partial charge in [-0.25, -0.2) is 4.79 Å². The Hall–Kier alpha value is -2.87. The highest BCUT2D eigenvalue weighted by Crippen LogP contribution is 2.31. The standard InChI is InChI=1S/C20H22ClN3O5/c1-3-28-20(27)16-17(13-4-6-15(21)7-5-13)23-29-19(16)22-18(26)14-8-10-24(11-9-14)12(2)25/h4-7,14H,3,8-11H2,1-2H3,(H,22,26). The minimum Gasteiger partial charge on any atom is -0.462 e. The van der Waals surface area contributed by atoms with Crippen LogP contribution in [0, 0.1) is 5.92 Å². The van der Waals surface area contributed by atoms with Crippen molar-refractivity contribution >= 4 is 35.3 Å². The third-order valence-electron chi connectivity index (χ3n) is 4.84. The zero-order valence-electron chi connectivity index (χ0n) is 16.2. The number of nitrogens with zero attached hydrogens (tertiary/aromatic N) is 2. The van der Waals surface area contributed by atoms with Crippen LogP contribution < -0.4 is 5.32 Å². The van der Waals surface area contributed by atoms with Crippen LogP contribution in [0.1, 0.15) is 37.0 Å². The maximum Gasteiger partial charge on any atom is 0.346 e. The summed E-state index contributed by atoms with van der Waals surface area (Å²) in [6.07, 6.45) is 1.08. The van der Waals surface area contributed by atoms with Crippen molar-refractivity contribution in [3.05, 3.63) is 34.9 Å². The SMILES string of the molecule is CCOC(=O)c1c(-c2ccc(Cl)cc2)noc1NC(=O)C1CCN(C(C)=O)CC1. The Balaban J connectivity index is 1.81. The highest BCUT2D eigenvalue weighted by molar-refractivity contribution is 6.30. The molecule has 1 aliphatic rings. The third kappa shape index (κ3) is 4.76. The Bertz CT molecular complexity index is 901. The summed E-state index contributed by atoms with van der Waals surface area (Å²) in [5, 5.41) is 7.18. The Morgan fingerprint density at radius 3 is 2.48 bits per heavy atom. The Labute approximate surface area is 173 Å². The van der Waals surface area contributed by atoms with Gasteiger partial charge in [-0.15, -0.1) is 0 Å². The van der Waals surface area contributed by atoms with Crippen LogP contribution in [0.25, 0.3) is 11.3 Å².